The second-order valence-corrected chi connectivity index (χ2v) is 4.34. The molecule has 0 aliphatic rings. The highest BCUT2D eigenvalue weighted by molar-refractivity contribution is 5.27. The average Bonchev–Trinajstić information content (AvgIpc) is 2.38. The number of aliphatic hydroxyl groups excluding tert-OH is 1. The zero-order valence-electron chi connectivity index (χ0n) is 10.7. The van der Waals surface area contributed by atoms with Gasteiger partial charge in [0.05, 0.1) is 0 Å². The number of rotatable bonds is 8. The lowest BCUT2D eigenvalue weighted by Crippen LogP contribution is -2.21. The lowest BCUT2D eigenvalue weighted by molar-refractivity contribution is 0.260. The minimum Gasteiger partial charge on any atom is -0.479 e. The molecule has 98 valence electrons. The van der Waals surface area contributed by atoms with E-state index in [0.29, 0.717) is 11.7 Å². The molecule has 1 unspecified atom stereocenters. The van der Waals surface area contributed by atoms with Gasteiger partial charge in [0.2, 0.25) is 0 Å². The van der Waals surface area contributed by atoms with Crippen molar-refractivity contribution in [1.29, 1.82) is 5.26 Å². The van der Waals surface area contributed by atoms with Crippen LogP contribution in [-0.2, 0) is 6.54 Å². The van der Waals surface area contributed by atoms with E-state index in [0.717, 1.165) is 19.5 Å². The third kappa shape index (κ3) is 5.67. The Morgan fingerprint density at radius 3 is 2.72 bits per heavy atom. The first-order valence-electron chi connectivity index (χ1n) is 6.16. The summed E-state index contributed by atoms with van der Waals surface area (Å²) in [6, 6.07) is 9.63. The van der Waals surface area contributed by atoms with Gasteiger partial charge in [0, 0.05) is 13.2 Å². The van der Waals surface area contributed by atoms with Gasteiger partial charge in [-0.15, -0.1) is 0 Å². The lowest BCUT2D eigenvalue weighted by atomic mass is 10.1. The molecule has 1 atom stereocenters. The normalized spacial score (nSPS) is 11.8. The van der Waals surface area contributed by atoms with Gasteiger partial charge in [-0.1, -0.05) is 19.1 Å². The maximum atomic E-state index is 8.79. The summed E-state index contributed by atoms with van der Waals surface area (Å²) in [5.74, 6) is 1.20. The molecule has 1 aromatic carbocycles. The highest BCUT2D eigenvalue weighted by Crippen LogP contribution is 2.12. The van der Waals surface area contributed by atoms with Crippen molar-refractivity contribution >= 4 is 0 Å². The van der Waals surface area contributed by atoms with E-state index in [9.17, 15) is 0 Å². The quantitative estimate of drug-likeness (QED) is 0.735. The van der Waals surface area contributed by atoms with Crippen LogP contribution in [0.2, 0.25) is 0 Å². The third-order valence-electron chi connectivity index (χ3n) is 2.67. The standard InChI is InChI=1S/C14H20N2O2/c1-12(6-8-17)10-16-11-13-2-4-14(5-3-13)18-9-7-15/h2-5,12,16-17H,6,8-11H2,1H3. The molecule has 0 aliphatic heterocycles. The van der Waals surface area contributed by atoms with Crippen LogP contribution < -0.4 is 10.1 Å². The van der Waals surface area contributed by atoms with Crippen molar-refractivity contribution in [2.24, 2.45) is 5.92 Å². The molecular formula is C14H20N2O2. The first-order chi connectivity index (χ1) is 8.76. The minimum absolute atomic E-state index is 0.0796. The van der Waals surface area contributed by atoms with E-state index in [4.69, 9.17) is 15.1 Å². The molecule has 1 aromatic rings. The van der Waals surface area contributed by atoms with Crippen molar-refractivity contribution in [3.63, 3.8) is 0 Å². The smallest absolute Gasteiger partial charge is 0.174 e. The third-order valence-corrected chi connectivity index (χ3v) is 2.67. The van der Waals surface area contributed by atoms with Crippen LogP contribution in [0, 0.1) is 17.2 Å². The summed E-state index contributed by atoms with van der Waals surface area (Å²) in [5, 5.41) is 20.5. The summed E-state index contributed by atoms with van der Waals surface area (Å²) >= 11 is 0. The molecular weight excluding hydrogens is 228 g/mol. The van der Waals surface area contributed by atoms with Gasteiger partial charge in [-0.3, -0.25) is 0 Å². The number of nitrogens with one attached hydrogen (secondary N) is 1. The molecule has 0 bridgehead atoms. The van der Waals surface area contributed by atoms with Crippen molar-refractivity contribution in [2.75, 3.05) is 19.8 Å². The summed E-state index contributed by atoms with van der Waals surface area (Å²) in [6.45, 7) is 4.13. The summed E-state index contributed by atoms with van der Waals surface area (Å²) < 4.78 is 5.18. The Labute approximate surface area is 108 Å². The molecule has 18 heavy (non-hydrogen) atoms. The molecule has 4 heteroatoms. The van der Waals surface area contributed by atoms with Crippen molar-refractivity contribution in [1.82, 2.24) is 5.32 Å². The first-order valence-corrected chi connectivity index (χ1v) is 6.16. The van der Waals surface area contributed by atoms with E-state index in [1.807, 2.05) is 30.3 Å². The van der Waals surface area contributed by atoms with E-state index >= 15 is 0 Å². The molecule has 0 aliphatic carbocycles. The van der Waals surface area contributed by atoms with Crippen LogP contribution >= 0.6 is 0 Å². The van der Waals surface area contributed by atoms with Crippen LogP contribution in [0.1, 0.15) is 18.9 Å². The molecule has 0 heterocycles. The predicted molar refractivity (Wildman–Crippen MR) is 70.1 cm³/mol. The molecule has 0 saturated heterocycles. The first kappa shape index (κ1) is 14.5. The second kappa shape index (κ2) is 8.51. The monoisotopic (exact) mass is 248 g/mol. The lowest BCUT2D eigenvalue weighted by Gasteiger charge is -2.11. The van der Waals surface area contributed by atoms with Gasteiger partial charge in [-0.25, -0.2) is 0 Å². The zero-order valence-corrected chi connectivity index (χ0v) is 10.7. The molecule has 0 spiro atoms. The summed E-state index contributed by atoms with van der Waals surface area (Å²) in [5.41, 5.74) is 1.18. The Morgan fingerprint density at radius 1 is 1.39 bits per heavy atom. The number of hydrogen-bond donors (Lipinski definition) is 2. The van der Waals surface area contributed by atoms with E-state index in [2.05, 4.69) is 12.2 Å². The van der Waals surface area contributed by atoms with E-state index < -0.39 is 0 Å². The van der Waals surface area contributed by atoms with E-state index in [1.165, 1.54) is 5.56 Å². The summed E-state index contributed by atoms with van der Waals surface area (Å²) in [6.07, 6.45) is 0.827. The van der Waals surface area contributed by atoms with Gasteiger partial charge < -0.3 is 15.2 Å². The number of hydrogen-bond acceptors (Lipinski definition) is 4. The van der Waals surface area contributed by atoms with Crippen LogP contribution in [0.15, 0.2) is 24.3 Å². The van der Waals surface area contributed by atoms with Gasteiger partial charge in [-0.2, -0.15) is 5.26 Å². The zero-order chi connectivity index (χ0) is 13.2. The van der Waals surface area contributed by atoms with Crippen LogP contribution in [-0.4, -0.2) is 24.9 Å². The van der Waals surface area contributed by atoms with Gasteiger partial charge in [0.25, 0.3) is 0 Å². The molecule has 0 amide bonds. The minimum atomic E-state index is 0.0796. The Kier molecular flexibility index (Phi) is 6.85. The van der Waals surface area contributed by atoms with Gasteiger partial charge in [-0.05, 0) is 36.6 Å². The Morgan fingerprint density at radius 2 is 2.11 bits per heavy atom. The van der Waals surface area contributed by atoms with Crippen LogP contribution in [0.5, 0.6) is 5.75 Å². The number of benzene rings is 1. The molecule has 4 nitrogen and oxygen atoms in total. The predicted octanol–water partition coefficient (Wildman–Crippen LogP) is 1.70. The molecule has 2 N–H and O–H groups in total. The maximum absolute atomic E-state index is 8.79. The van der Waals surface area contributed by atoms with E-state index in [1.54, 1.807) is 0 Å². The fourth-order valence-electron chi connectivity index (χ4n) is 1.60. The molecule has 0 fully saturated rings. The molecule has 0 radical (unpaired) electrons. The molecule has 1 rings (SSSR count). The Bertz CT molecular complexity index is 370. The Balaban J connectivity index is 2.29. The molecule has 0 aromatic heterocycles. The number of aliphatic hydroxyl groups is 1. The largest absolute Gasteiger partial charge is 0.479 e. The number of nitrogens with zero attached hydrogens (tertiary/aromatic N) is 1. The van der Waals surface area contributed by atoms with Crippen LogP contribution in [0.25, 0.3) is 0 Å². The topological polar surface area (TPSA) is 65.3 Å². The van der Waals surface area contributed by atoms with E-state index in [-0.39, 0.29) is 13.2 Å². The maximum Gasteiger partial charge on any atom is 0.174 e. The van der Waals surface area contributed by atoms with Crippen molar-refractivity contribution in [2.45, 2.75) is 19.9 Å². The van der Waals surface area contributed by atoms with Crippen LogP contribution in [0.4, 0.5) is 0 Å². The second-order valence-electron chi connectivity index (χ2n) is 4.34. The number of ether oxygens (including phenoxy) is 1. The average molecular weight is 248 g/mol. The highest BCUT2D eigenvalue weighted by atomic mass is 16.5. The van der Waals surface area contributed by atoms with Gasteiger partial charge in [0.15, 0.2) is 6.61 Å². The molecule has 0 saturated carbocycles. The SMILES string of the molecule is CC(CCO)CNCc1ccc(OCC#N)cc1. The van der Waals surface area contributed by atoms with Crippen molar-refractivity contribution in [3.8, 4) is 11.8 Å². The van der Waals surface area contributed by atoms with Gasteiger partial charge >= 0.3 is 0 Å². The fraction of sp³-hybridized carbons (Fsp3) is 0.500. The van der Waals surface area contributed by atoms with Crippen molar-refractivity contribution < 1.29 is 9.84 Å². The highest BCUT2D eigenvalue weighted by Gasteiger charge is 2.00. The summed E-state index contributed by atoms with van der Waals surface area (Å²) in [4.78, 5) is 0. The fourth-order valence-corrected chi connectivity index (χ4v) is 1.60. The summed E-state index contributed by atoms with van der Waals surface area (Å²) in [7, 11) is 0. The Hall–Kier alpha value is -1.57. The van der Waals surface area contributed by atoms with Crippen LogP contribution in [0.3, 0.4) is 0 Å². The number of nitriles is 1. The van der Waals surface area contributed by atoms with Crippen molar-refractivity contribution in [3.05, 3.63) is 29.8 Å². The van der Waals surface area contributed by atoms with Gasteiger partial charge in [0.1, 0.15) is 11.8 Å².